The number of carbonyl (C=O) groups is 2. The van der Waals surface area contributed by atoms with E-state index in [1.807, 2.05) is 6.92 Å². The molecule has 27 heavy (non-hydrogen) atoms. The number of amides is 1. The van der Waals surface area contributed by atoms with Gasteiger partial charge in [0.25, 0.3) is 0 Å². The molecule has 1 atom stereocenters. The van der Waals surface area contributed by atoms with E-state index in [-0.39, 0.29) is 18.6 Å². The highest BCUT2D eigenvalue weighted by Gasteiger charge is 2.26. The van der Waals surface area contributed by atoms with Crippen molar-refractivity contribution in [1.82, 2.24) is 5.32 Å². The van der Waals surface area contributed by atoms with Gasteiger partial charge in [-0.05, 0) is 46.2 Å². The van der Waals surface area contributed by atoms with Crippen LogP contribution in [0.25, 0.3) is 0 Å². The van der Waals surface area contributed by atoms with Gasteiger partial charge in [0.1, 0.15) is 17.1 Å². The fourth-order valence-corrected chi connectivity index (χ4v) is 3.30. The van der Waals surface area contributed by atoms with Crippen molar-refractivity contribution in [3.63, 3.8) is 0 Å². The van der Waals surface area contributed by atoms with E-state index in [1.165, 1.54) is 19.2 Å². The molecule has 0 aliphatic carbocycles. The Morgan fingerprint density at radius 1 is 1.15 bits per heavy atom. The summed E-state index contributed by atoms with van der Waals surface area (Å²) in [5.74, 6) is -0.857. The second kappa shape index (κ2) is 9.59. The van der Waals surface area contributed by atoms with Gasteiger partial charge in [-0.15, -0.1) is 0 Å². The lowest BCUT2D eigenvalue weighted by atomic mass is 10.2. The van der Waals surface area contributed by atoms with Gasteiger partial charge in [0.2, 0.25) is 0 Å². The number of methoxy groups -OCH3 is 1. The highest BCUT2D eigenvalue weighted by Crippen LogP contribution is 2.16. The summed E-state index contributed by atoms with van der Waals surface area (Å²) < 4.78 is 39.5. The van der Waals surface area contributed by atoms with Gasteiger partial charge >= 0.3 is 22.2 Å². The Morgan fingerprint density at radius 2 is 1.74 bits per heavy atom. The predicted molar refractivity (Wildman–Crippen MR) is 100 cm³/mol. The largest absolute Gasteiger partial charge is 0.469 e. The lowest BCUT2D eigenvalue weighted by molar-refractivity contribution is -0.140. The Bertz CT molecular complexity index is 736. The van der Waals surface area contributed by atoms with Crippen molar-refractivity contribution < 1.29 is 31.7 Å². The first-order chi connectivity index (χ1) is 12.4. The van der Waals surface area contributed by atoms with Gasteiger partial charge in [0, 0.05) is 6.42 Å². The number of esters is 1. The normalized spacial score (nSPS) is 12.8. The van der Waals surface area contributed by atoms with Crippen molar-refractivity contribution in [2.75, 3.05) is 12.9 Å². The molecule has 8 nitrogen and oxygen atoms in total. The number of alkyl carbamates (subject to hydrolysis) is 1. The molecule has 0 fully saturated rings. The standard InChI is InChI=1S/C18H27NO7S/c1-13-6-9-15(10-7-13)26-27(22,23)12-14(8-11-16(20)24-5)19-17(21)25-18(2,3)4/h6-7,9-10,14H,8,11-12H2,1-5H3,(H,19,21)/t14-/m0/s1. The molecule has 1 rings (SSSR count). The number of aryl methyl sites for hydroxylation is 1. The molecule has 0 saturated carbocycles. The second-order valence-corrected chi connectivity index (χ2v) is 8.69. The average molecular weight is 401 g/mol. The van der Waals surface area contributed by atoms with Gasteiger partial charge in [0.05, 0.1) is 13.2 Å². The Balaban J connectivity index is 2.81. The van der Waals surface area contributed by atoms with E-state index < -0.39 is 39.6 Å². The van der Waals surface area contributed by atoms with Crippen molar-refractivity contribution in [1.29, 1.82) is 0 Å². The molecule has 152 valence electrons. The summed E-state index contributed by atoms with van der Waals surface area (Å²) in [5, 5.41) is 2.48. The molecule has 0 aliphatic heterocycles. The smallest absolute Gasteiger partial charge is 0.407 e. The van der Waals surface area contributed by atoms with E-state index in [9.17, 15) is 18.0 Å². The van der Waals surface area contributed by atoms with Crippen LogP contribution in [0.15, 0.2) is 24.3 Å². The van der Waals surface area contributed by atoms with Crippen LogP contribution in [0.3, 0.4) is 0 Å². The third-order valence-corrected chi connectivity index (χ3v) is 4.55. The van der Waals surface area contributed by atoms with Crippen LogP contribution in [-0.2, 0) is 24.4 Å². The number of rotatable bonds is 8. The van der Waals surface area contributed by atoms with Crippen LogP contribution in [-0.4, -0.2) is 45.0 Å². The maximum Gasteiger partial charge on any atom is 0.407 e. The minimum atomic E-state index is -4.01. The maximum absolute atomic E-state index is 12.3. The molecule has 1 aromatic rings. The Kier molecular flexibility index (Phi) is 8.08. The van der Waals surface area contributed by atoms with Gasteiger partial charge in [-0.2, -0.15) is 8.42 Å². The zero-order valence-corrected chi connectivity index (χ0v) is 17.1. The monoisotopic (exact) mass is 401 g/mol. The van der Waals surface area contributed by atoms with Crippen molar-refractivity contribution in [2.24, 2.45) is 0 Å². The molecule has 0 spiro atoms. The topological polar surface area (TPSA) is 108 Å². The summed E-state index contributed by atoms with van der Waals surface area (Å²) in [6, 6.07) is 5.64. The van der Waals surface area contributed by atoms with Crippen molar-refractivity contribution in [2.45, 2.75) is 52.2 Å². The van der Waals surface area contributed by atoms with E-state index in [4.69, 9.17) is 8.92 Å². The Labute approximate surface area is 160 Å². The Morgan fingerprint density at radius 3 is 2.26 bits per heavy atom. The van der Waals surface area contributed by atoms with Crippen LogP contribution in [0, 0.1) is 6.92 Å². The predicted octanol–water partition coefficient (Wildman–Crippen LogP) is 2.55. The third kappa shape index (κ3) is 9.83. The van der Waals surface area contributed by atoms with Crippen LogP contribution >= 0.6 is 0 Å². The molecule has 0 bridgehead atoms. The molecule has 1 N–H and O–H groups in total. The van der Waals surface area contributed by atoms with Crippen LogP contribution in [0.5, 0.6) is 5.75 Å². The van der Waals surface area contributed by atoms with Gasteiger partial charge in [0.15, 0.2) is 0 Å². The first kappa shape index (κ1) is 22.8. The fourth-order valence-electron chi connectivity index (χ4n) is 2.09. The van der Waals surface area contributed by atoms with E-state index in [0.717, 1.165) is 5.56 Å². The molecule has 0 aromatic heterocycles. The average Bonchev–Trinajstić information content (AvgIpc) is 2.52. The molecule has 9 heteroatoms. The van der Waals surface area contributed by atoms with E-state index in [2.05, 4.69) is 10.1 Å². The van der Waals surface area contributed by atoms with Crippen molar-refractivity contribution in [3.05, 3.63) is 29.8 Å². The molecular formula is C18H27NO7S. The van der Waals surface area contributed by atoms with Crippen LogP contribution < -0.4 is 9.50 Å². The van der Waals surface area contributed by atoms with Crippen molar-refractivity contribution >= 4 is 22.2 Å². The molecule has 1 aromatic carbocycles. The third-order valence-electron chi connectivity index (χ3n) is 3.29. The molecule has 1 amide bonds. The number of benzene rings is 1. The highest BCUT2D eigenvalue weighted by molar-refractivity contribution is 7.87. The highest BCUT2D eigenvalue weighted by atomic mass is 32.2. The molecule has 0 unspecified atom stereocenters. The SMILES string of the molecule is COC(=O)CC[C@@H](CS(=O)(=O)Oc1ccc(C)cc1)NC(=O)OC(C)(C)C. The number of ether oxygens (including phenoxy) is 2. The van der Waals surface area contributed by atoms with Crippen LogP contribution in [0.4, 0.5) is 4.79 Å². The molecule has 0 aliphatic rings. The summed E-state index contributed by atoms with van der Waals surface area (Å²) in [6.07, 6.45) is -0.776. The van der Waals surface area contributed by atoms with E-state index in [0.29, 0.717) is 0 Å². The first-order valence-electron chi connectivity index (χ1n) is 8.45. The number of carbonyl (C=O) groups excluding carboxylic acids is 2. The number of hydrogen-bond acceptors (Lipinski definition) is 7. The summed E-state index contributed by atoms with van der Waals surface area (Å²) in [4.78, 5) is 23.4. The van der Waals surface area contributed by atoms with Crippen LogP contribution in [0.1, 0.15) is 39.2 Å². The van der Waals surface area contributed by atoms with Gasteiger partial charge < -0.3 is 19.0 Å². The number of nitrogens with one attached hydrogen (secondary N) is 1. The van der Waals surface area contributed by atoms with E-state index in [1.54, 1.807) is 32.9 Å². The molecule has 0 heterocycles. The van der Waals surface area contributed by atoms with Gasteiger partial charge in [-0.1, -0.05) is 17.7 Å². The Hall–Kier alpha value is -2.29. The molecule has 0 radical (unpaired) electrons. The quantitative estimate of drug-likeness (QED) is 0.527. The lowest BCUT2D eigenvalue weighted by Gasteiger charge is -2.23. The summed E-state index contributed by atoms with van der Waals surface area (Å²) in [5.41, 5.74) is 0.219. The zero-order chi connectivity index (χ0) is 20.7. The van der Waals surface area contributed by atoms with E-state index >= 15 is 0 Å². The number of hydrogen-bond donors (Lipinski definition) is 1. The lowest BCUT2D eigenvalue weighted by Crippen LogP contribution is -2.43. The van der Waals surface area contributed by atoms with Gasteiger partial charge in [-0.3, -0.25) is 4.79 Å². The van der Waals surface area contributed by atoms with Crippen molar-refractivity contribution in [3.8, 4) is 5.75 Å². The molecular weight excluding hydrogens is 374 g/mol. The minimum Gasteiger partial charge on any atom is -0.469 e. The van der Waals surface area contributed by atoms with Gasteiger partial charge in [-0.25, -0.2) is 4.79 Å². The van der Waals surface area contributed by atoms with Crippen LogP contribution in [0.2, 0.25) is 0 Å². The summed E-state index contributed by atoms with van der Waals surface area (Å²) in [6.45, 7) is 6.93. The minimum absolute atomic E-state index is 0.0579. The zero-order valence-electron chi connectivity index (χ0n) is 16.3. The second-order valence-electron chi connectivity index (χ2n) is 7.08. The first-order valence-corrected chi connectivity index (χ1v) is 10.0. The molecule has 0 saturated heterocycles. The summed E-state index contributed by atoms with van der Waals surface area (Å²) in [7, 11) is -2.78. The fraction of sp³-hybridized carbons (Fsp3) is 0.556. The summed E-state index contributed by atoms with van der Waals surface area (Å²) >= 11 is 0. The maximum atomic E-state index is 12.3.